The Hall–Kier alpha value is -2.50. The van der Waals surface area contributed by atoms with Crippen LogP contribution in [-0.2, 0) is 32.2 Å². The van der Waals surface area contributed by atoms with E-state index in [1.54, 1.807) is 0 Å². The molecule has 7 N–H and O–H groups in total. The number of nitrogen functional groups attached to an aromatic ring is 1. The standard InChI is InChI=1S/C18H25FN12O9P2S2/c19-8-11(39-41(34)43)7(38-17(8)30-13-9(26-28-30)12(20)22-4-23-13)3-36-42(35,44)40-6-1-5(2-32)37-16(6)31-14-10(27-29-31)15(33)25-18(21)24-14/h4-8,11-12,16-17,32,41H,1-3,20H2,(H,22,23)(H,34,43)(H,35,44)(H3,21,24,25,33)/t5-,6+,7+,8-,11+,12?,16+,17+,42?/m0/s1. The van der Waals surface area contributed by atoms with Gasteiger partial charge in [-0.2, -0.15) is 14.3 Å². The lowest BCUT2D eigenvalue weighted by Crippen LogP contribution is -2.33. The average molecular weight is 699 g/mol. The summed E-state index contributed by atoms with van der Waals surface area (Å²) in [5.74, 6) is -0.0988. The van der Waals surface area contributed by atoms with Gasteiger partial charge in [-0.15, -0.1) is 10.2 Å². The van der Waals surface area contributed by atoms with Crippen molar-refractivity contribution in [1.29, 1.82) is 0 Å². The Morgan fingerprint density at radius 1 is 1.27 bits per heavy atom. The highest BCUT2D eigenvalue weighted by Crippen LogP contribution is 2.57. The van der Waals surface area contributed by atoms with Crippen molar-refractivity contribution in [3.63, 3.8) is 0 Å². The van der Waals surface area contributed by atoms with Gasteiger partial charge in [-0.3, -0.25) is 23.4 Å². The summed E-state index contributed by atoms with van der Waals surface area (Å²) in [7, 11) is -2.99. The summed E-state index contributed by atoms with van der Waals surface area (Å²) in [5, 5.41) is 27.9. The number of rotatable bonds is 10. The number of thiol groups is 2. The first-order valence-corrected chi connectivity index (χ1v) is 18.0. The zero-order valence-corrected chi connectivity index (χ0v) is 25.7. The molecule has 0 radical (unpaired) electrons. The van der Waals surface area contributed by atoms with Crippen LogP contribution in [0.1, 0.15) is 30.7 Å². The number of alkyl halides is 1. The second kappa shape index (κ2) is 12.4. The van der Waals surface area contributed by atoms with E-state index >= 15 is 4.39 Å². The summed E-state index contributed by atoms with van der Waals surface area (Å²) in [6, 6.07) is 0. The molecule has 0 spiro atoms. The Labute approximate surface area is 255 Å². The molecule has 26 heteroatoms. The van der Waals surface area contributed by atoms with Crippen molar-refractivity contribution in [3.05, 3.63) is 16.0 Å². The fourth-order valence-electron chi connectivity index (χ4n) is 4.88. The highest BCUT2D eigenvalue weighted by Gasteiger charge is 2.50. The van der Waals surface area contributed by atoms with Gasteiger partial charge in [-0.25, -0.2) is 13.9 Å². The van der Waals surface area contributed by atoms with Crippen molar-refractivity contribution >= 4 is 67.8 Å². The van der Waals surface area contributed by atoms with Crippen molar-refractivity contribution in [2.45, 2.75) is 55.6 Å². The lowest BCUT2D eigenvalue weighted by atomic mass is 10.1. The molecule has 2 saturated heterocycles. The normalized spacial score (nSPS) is 32.0. The van der Waals surface area contributed by atoms with E-state index in [0.29, 0.717) is 0 Å². The number of aliphatic imine (C=N–C) groups is 1. The van der Waals surface area contributed by atoms with E-state index in [-0.39, 0.29) is 35.0 Å². The number of hydrogen-bond acceptors (Lipinski definition) is 18. The molecule has 0 amide bonds. The molecule has 3 aliphatic rings. The third-order valence-electron chi connectivity index (χ3n) is 6.79. The van der Waals surface area contributed by atoms with E-state index in [4.69, 9.17) is 34.5 Å². The first-order chi connectivity index (χ1) is 21.0. The third-order valence-corrected chi connectivity index (χ3v) is 9.22. The number of halogens is 1. The van der Waals surface area contributed by atoms with Gasteiger partial charge >= 0.3 is 6.80 Å². The minimum Gasteiger partial charge on any atom is -0.394 e. The van der Waals surface area contributed by atoms with Crippen molar-refractivity contribution in [1.82, 2.24) is 45.3 Å². The molecule has 240 valence electrons. The predicted molar refractivity (Wildman–Crippen MR) is 153 cm³/mol. The number of fused-ring (bicyclic) bond motifs is 2. The van der Waals surface area contributed by atoms with Gasteiger partial charge in [0.25, 0.3) is 5.56 Å². The number of nitrogens with one attached hydrogen (secondary N) is 2. The zero-order valence-electron chi connectivity index (χ0n) is 22.0. The highest BCUT2D eigenvalue weighted by atomic mass is 32.7. The molecule has 2 fully saturated rings. The largest absolute Gasteiger partial charge is 0.394 e. The predicted octanol–water partition coefficient (Wildman–Crippen LogP) is -0.732. The van der Waals surface area contributed by atoms with E-state index in [9.17, 15) is 19.0 Å². The fraction of sp³-hybridized carbons (Fsp3) is 0.611. The maximum atomic E-state index is 15.7. The molecular formula is C18H25FN12O9P2S2. The van der Waals surface area contributed by atoms with Crippen LogP contribution >= 0.6 is 38.5 Å². The van der Waals surface area contributed by atoms with Crippen molar-refractivity contribution in [2.24, 2.45) is 10.7 Å². The van der Waals surface area contributed by atoms with Gasteiger partial charge in [-0.1, -0.05) is 34.9 Å². The summed E-state index contributed by atoms with van der Waals surface area (Å²) < 4.78 is 70.9. The summed E-state index contributed by atoms with van der Waals surface area (Å²) in [6.07, 6.45) is -8.83. The quantitative estimate of drug-likeness (QED) is 0.101. The molecule has 0 saturated carbocycles. The molecule has 6 heterocycles. The monoisotopic (exact) mass is 698 g/mol. The summed E-state index contributed by atoms with van der Waals surface area (Å²) in [5.41, 5.74) is 10.9. The highest BCUT2D eigenvalue weighted by molar-refractivity contribution is 8.44. The number of hydrogen-bond donors (Lipinski definition) is 7. The Morgan fingerprint density at radius 3 is 2.80 bits per heavy atom. The Morgan fingerprint density at radius 2 is 2.05 bits per heavy atom. The summed E-state index contributed by atoms with van der Waals surface area (Å²) in [4.78, 5) is 22.6. The number of H-pyrrole nitrogens is 1. The van der Waals surface area contributed by atoms with E-state index in [1.807, 2.05) is 0 Å². The second-order valence-electron chi connectivity index (χ2n) is 9.64. The number of anilines is 1. The zero-order chi connectivity index (χ0) is 31.3. The molecule has 0 aliphatic carbocycles. The Balaban J connectivity index is 1.19. The van der Waals surface area contributed by atoms with Crippen LogP contribution in [0.5, 0.6) is 0 Å². The van der Waals surface area contributed by atoms with Crippen LogP contribution in [-0.4, -0.2) is 95.2 Å². The van der Waals surface area contributed by atoms with Crippen molar-refractivity contribution in [3.8, 4) is 0 Å². The molecule has 3 aliphatic heterocycles. The van der Waals surface area contributed by atoms with Gasteiger partial charge in [0.05, 0.1) is 25.7 Å². The maximum absolute atomic E-state index is 15.7. The van der Waals surface area contributed by atoms with Crippen LogP contribution in [0, 0.1) is 0 Å². The van der Waals surface area contributed by atoms with Gasteiger partial charge in [0, 0.05) is 6.42 Å². The second-order valence-corrected chi connectivity index (χ2v) is 14.4. The van der Waals surface area contributed by atoms with Gasteiger partial charge in [0.1, 0.15) is 30.2 Å². The van der Waals surface area contributed by atoms with Crippen molar-refractivity contribution < 1.29 is 41.7 Å². The first-order valence-electron chi connectivity index (χ1n) is 12.7. The van der Waals surface area contributed by atoms with Crippen LogP contribution in [0.25, 0.3) is 11.2 Å². The van der Waals surface area contributed by atoms with Gasteiger partial charge in [-0.05, 0) is 0 Å². The van der Waals surface area contributed by atoms with Gasteiger partial charge < -0.3 is 35.9 Å². The molecule has 0 bridgehead atoms. The molecule has 10 atom stereocenters. The molecule has 0 aromatic carbocycles. The van der Waals surface area contributed by atoms with E-state index in [2.05, 4.69) is 65.4 Å². The molecule has 3 aromatic heterocycles. The van der Waals surface area contributed by atoms with Gasteiger partial charge in [0.15, 0.2) is 35.6 Å². The Bertz CT molecular complexity index is 1710. The van der Waals surface area contributed by atoms with E-state index < -0.39 is 82.0 Å². The topological polar surface area (TPSA) is 284 Å². The van der Waals surface area contributed by atoms with Crippen molar-refractivity contribution in [2.75, 3.05) is 18.9 Å². The molecule has 21 nitrogen and oxygen atoms in total. The van der Waals surface area contributed by atoms with Crippen LogP contribution in [0.2, 0.25) is 0 Å². The molecule has 3 unspecified atom stereocenters. The third kappa shape index (κ3) is 6.03. The lowest BCUT2D eigenvalue weighted by molar-refractivity contribution is -0.0581. The number of aromatic nitrogens is 8. The number of nitrogens with zero attached hydrogens (tertiary/aromatic N) is 8. The fourth-order valence-corrected chi connectivity index (χ4v) is 7.25. The number of aromatic amines is 1. The summed E-state index contributed by atoms with van der Waals surface area (Å²) >= 11 is 7.79. The van der Waals surface area contributed by atoms with Crippen LogP contribution < -0.4 is 22.3 Å². The molecule has 6 rings (SSSR count). The van der Waals surface area contributed by atoms with E-state index in [0.717, 1.165) is 9.36 Å². The minimum absolute atomic E-state index is 0.00800. The number of aliphatic hydroxyl groups is 1. The first kappa shape index (κ1) is 31.5. The number of nitrogens with two attached hydrogens (primary N) is 2. The van der Waals surface area contributed by atoms with Gasteiger partial charge in [0.2, 0.25) is 13.2 Å². The van der Waals surface area contributed by atoms with E-state index in [1.165, 1.54) is 6.34 Å². The molecule has 44 heavy (non-hydrogen) atoms. The minimum atomic E-state index is -4.31. The Kier molecular flexibility index (Phi) is 8.84. The smallest absolute Gasteiger partial charge is 0.386 e. The number of aliphatic hydroxyl groups excluding tert-OH is 1. The molecule has 3 aromatic rings. The molecular weight excluding hydrogens is 673 g/mol. The lowest BCUT2D eigenvalue weighted by Gasteiger charge is -2.24. The maximum Gasteiger partial charge on any atom is 0.386 e. The average Bonchev–Trinajstić information content (AvgIpc) is 3.73. The summed E-state index contributed by atoms with van der Waals surface area (Å²) in [6.45, 7) is -5.37. The van der Waals surface area contributed by atoms with Crippen LogP contribution in [0.3, 0.4) is 0 Å². The SMILES string of the molecule is Nc1nc2c(nnn2[C@@H]2O[C@H](CO)C[C@H]2OP(=O)(S)OC[C@H]2O[C@@H](n3nnc4c3N=CNC4N)[C@@H](F)[C@@H]2O[PH](=O)S)c(=O)[nH]1. The van der Waals surface area contributed by atoms with Crippen LogP contribution in [0.4, 0.5) is 16.2 Å². The van der Waals surface area contributed by atoms with Crippen LogP contribution in [0.15, 0.2) is 9.79 Å². The number of ether oxygens (including phenoxy) is 2.